The van der Waals surface area contributed by atoms with E-state index in [2.05, 4.69) is 58.0 Å². The Morgan fingerprint density at radius 1 is 1.22 bits per heavy atom. The maximum absolute atomic E-state index is 11.9. The average molecular weight is 487 g/mol. The second-order valence-corrected chi connectivity index (χ2v) is 10.4. The lowest BCUT2D eigenvalue weighted by atomic mass is 10.2. The molecule has 0 bridgehead atoms. The summed E-state index contributed by atoms with van der Waals surface area (Å²) in [6.45, 7) is 8.59. The van der Waals surface area contributed by atoms with Crippen LogP contribution in [0, 0.1) is 0 Å². The molecule has 0 aliphatic rings. The number of hydrogen-bond acceptors (Lipinski definition) is 10. The quantitative estimate of drug-likeness (QED) is 0.329. The van der Waals surface area contributed by atoms with Crippen molar-refractivity contribution in [3.63, 3.8) is 0 Å². The number of aliphatic hydroxyl groups excluding tert-OH is 1. The van der Waals surface area contributed by atoms with Crippen LogP contribution in [-0.2, 0) is 17.1 Å². The minimum atomic E-state index is -3.57. The van der Waals surface area contributed by atoms with Crippen LogP contribution in [0.25, 0.3) is 0 Å². The van der Waals surface area contributed by atoms with Crippen molar-refractivity contribution in [2.75, 3.05) is 41.5 Å². The van der Waals surface area contributed by atoms with Crippen LogP contribution in [-0.4, -0.2) is 57.2 Å². The standard InChI is InChI=1S/C19H31N7O4S2/c1-12(2)26(13(3)4)19-23-25(5)18(31-19)22-21-14-11-17(30-6)16(20-8-9-27)10-15(14)24-32(7,28)29/h10-13,27H,8-9H2,1-7H3,(H,20,24)/p+1. The van der Waals surface area contributed by atoms with Crippen molar-refractivity contribution in [3.05, 3.63) is 12.1 Å². The molecule has 0 radical (unpaired) electrons. The fraction of sp³-hybridized carbons (Fsp3) is 0.579. The van der Waals surface area contributed by atoms with E-state index in [1.165, 1.54) is 18.4 Å². The predicted molar refractivity (Wildman–Crippen MR) is 127 cm³/mol. The molecule has 2 rings (SSSR count). The summed E-state index contributed by atoms with van der Waals surface area (Å²) in [6, 6.07) is 3.66. The molecule has 3 N–H and O–H groups in total. The lowest BCUT2D eigenvalue weighted by Crippen LogP contribution is -2.39. The fourth-order valence-electron chi connectivity index (χ4n) is 3.09. The second kappa shape index (κ2) is 10.9. The summed E-state index contributed by atoms with van der Waals surface area (Å²) in [7, 11) is -0.290. The van der Waals surface area contributed by atoms with Crippen molar-refractivity contribution >= 4 is 48.7 Å². The SMILES string of the molecule is COc1cc(/N=N/c2sc(N(C(C)C)C(C)C)n[n+]2C)c(NS(C)(=O)=O)cc1NCCO. The highest BCUT2D eigenvalue weighted by atomic mass is 32.2. The van der Waals surface area contributed by atoms with Gasteiger partial charge >= 0.3 is 5.13 Å². The molecular weight excluding hydrogens is 454 g/mol. The first-order valence-electron chi connectivity index (χ1n) is 10.1. The van der Waals surface area contributed by atoms with Gasteiger partial charge in [-0.3, -0.25) is 4.72 Å². The lowest BCUT2D eigenvalue weighted by Gasteiger charge is -2.28. The number of benzene rings is 1. The zero-order valence-electron chi connectivity index (χ0n) is 19.4. The maximum Gasteiger partial charge on any atom is 0.431 e. The summed E-state index contributed by atoms with van der Waals surface area (Å²) < 4.78 is 33.2. The van der Waals surface area contributed by atoms with Crippen LogP contribution in [0.4, 0.5) is 27.3 Å². The van der Waals surface area contributed by atoms with E-state index < -0.39 is 10.0 Å². The van der Waals surface area contributed by atoms with Gasteiger partial charge in [0, 0.05) is 24.7 Å². The molecule has 2 aromatic rings. The molecule has 178 valence electrons. The molecule has 0 fully saturated rings. The van der Waals surface area contributed by atoms with Gasteiger partial charge in [-0.15, -0.1) is 4.68 Å². The van der Waals surface area contributed by atoms with E-state index in [0.717, 1.165) is 11.4 Å². The largest absolute Gasteiger partial charge is 0.495 e. The Kier molecular flexibility index (Phi) is 8.75. The van der Waals surface area contributed by atoms with Crippen LogP contribution in [0.5, 0.6) is 5.75 Å². The van der Waals surface area contributed by atoms with Crippen molar-refractivity contribution in [1.82, 2.24) is 5.10 Å². The zero-order valence-corrected chi connectivity index (χ0v) is 21.1. The van der Waals surface area contributed by atoms with Crippen molar-refractivity contribution < 1.29 is 22.9 Å². The van der Waals surface area contributed by atoms with Crippen LogP contribution in [0.1, 0.15) is 27.7 Å². The van der Waals surface area contributed by atoms with E-state index in [9.17, 15) is 8.42 Å². The Morgan fingerprint density at radius 2 is 1.88 bits per heavy atom. The number of aromatic nitrogens is 2. The first-order valence-corrected chi connectivity index (χ1v) is 12.8. The highest BCUT2D eigenvalue weighted by Crippen LogP contribution is 2.38. The molecule has 0 saturated carbocycles. The Hall–Kier alpha value is -2.51. The van der Waals surface area contributed by atoms with Gasteiger partial charge in [0.2, 0.25) is 15.2 Å². The van der Waals surface area contributed by atoms with Crippen LogP contribution >= 0.6 is 11.3 Å². The van der Waals surface area contributed by atoms with Crippen LogP contribution < -0.4 is 24.4 Å². The van der Waals surface area contributed by atoms with Crippen molar-refractivity contribution in [3.8, 4) is 5.75 Å². The third-order valence-electron chi connectivity index (χ3n) is 4.31. The number of methoxy groups -OCH3 is 1. The molecule has 0 aliphatic carbocycles. The number of azo groups is 1. The van der Waals surface area contributed by atoms with Crippen molar-refractivity contribution in [2.24, 2.45) is 17.3 Å². The van der Waals surface area contributed by atoms with Crippen LogP contribution in [0.2, 0.25) is 0 Å². The van der Waals surface area contributed by atoms with E-state index in [-0.39, 0.29) is 36.6 Å². The Bertz CT molecular complexity index is 1040. The molecule has 1 aromatic carbocycles. The average Bonchev–Trinajstić information content (AvgIpc) is 3.03. The molecule has 0 aliphatic heterocycles. The number of ether oxygens (including phenoxy) is 1. The normalized spacial score (nSPS) is 12.1. The Labute approximate surface area is 193 Å². The fourth-order valence-corrected chi connectivity index (χ4v) is 4.77. The lowest BCUT2D eigenvalue weighted by molar-refractivity contribution is -0.712. The second-order valence-electron chi connectivity index (χ2n) is 7.68. The number of aryl methyl sites for hydroxylation is 1. The molecular formula is C19H32N7O4S2+. The van der Waals surface area contributed by atoms with E-state index in [1.807, 2.05) is 0 Å². The highest BCUT2D eigenvalue weighted by Gasteiger charge is 2.24. The Balaban J connectivity index is 2.48. The van der Waals surface area contributed by atoms with Crippen molar-refractivity contribution in [1.29, 1.82) is 0 Å². The molecule has 11 nitrogen and oxygen atoms in total. The molecule has 0 atom stereocenters. The van der Waals surface area contributed by atoms with Gasteiger partial charge in [0.1, 0.15) is 18.5 Å². The number of nitrogens with zero attached hydrogens (tertiary/aromatic N) is 5. The number of anilines is 3. The van der Waals surface area contributed by atoms with Gasteiger partial charge < -0.3 is 20.1 Å². The summed E-state index contributed by atoms with van der Waals surface area (Å²) in [4.78, 5) is 2.19. The number of sulfonamides is 1. The van der Waals surface area contributed by atoms with E-state index in [4.69, 9.17) is 9.84 Å². The van der Waals surface area contributed by atoms with E-state index in [1.54, 1.807) is 23.9 Å². The van der Waals surface area contributed by atoms with Crippen LogP contribution in [0.15, 0.2) is 22.4 Å². The topological polar surface area (TPSA) is 132 Å². The van der Waals surface area contributed by atoms with Gasteiger partial charge in [0.05, 0.1) is 36.5 Å². The highest BCUT2D eigenvalue weighted by molar-refractivity contribution is 7.92. The van der Waals surface area contributed by atoms with Gasteiger partial charge in [0.25, 0.3) is 0 Å². The van der Waals surface area contributed by atoms with E-state index >= 15 is 0 Å². The number of aliphatic hydroxyl groups is 1. The molecule has 1 aromatic heterocycles. The number of rotatable bonds is 11. The van der Waals surface area contributed by atoms with Gasteiger partial charge in [-0.2, -0.15) is 0 Å². The Morgan fingerprint density at radius 3 is 2.41 bits per heavy atom. The summed E-state index contributed by atoms with van der Waals surface area (Å²) >= 11 is 1.39. The first-order chi connectivity index (χ1) is 15.0. The minimum Gasteiger partial charge on any atom is -0.495 e. The molecule has 0 amide bonds. The minimum absolute atomic E-state index is 0.0898. The summed E-state index contributed by atoms with van der Waals surface area (Å²) in [5.41, 5.74) is 1.03. The molecule has 13 heteroatoms. The van der Waals surface area contributed by atoms with Crippen molar-refractivity contribution in [2.45, 2.75) is 39.8 Å². The summed E-state index contributed by atoms with van der Waals surface area (Å²) in [5, 5.41) is 26.6. The predicted octanol–water partition coefficient (Wildman–Crippen LogP) is 2.79. The smallest absolute Gasteiger partial charge is 0.431 e. The maximum atomic E-state index is 11.9. The van der Waals surface area contributed by atoms with Gasteiger partial charge in [-0.1, -0.05) is 5.10 Å². The summed E-state index contributed by atoms with van der Waals surface area (Å²) in [6.07, 6.45) is 1.06. The van der Waals surface area contributed by atoms with E-state index in [0.29, 0.717) is 16.6 Å². The zero-order chi connectivity index (χ0) is 24.1. The van der Waals surface area contributed by atoms with Crippen LogP contribution in [0.3, 0.4) is 0 Å². The third-order valence-corrected chi connectivity index (χ3v) is 5.91. The third kappa shape index (κ3) is 6.74. The van der Waals surface area contributed by atoms with Gasteiger partial charge in [-0.05, 0) is 50.2 Å². The first kappa shape index (κ1) is 25.7. The monoisotopic (exact) mass is 486 g/mol. The van der Waals surface area contributed by atoms with Gasteiger partial charge in [0.15, 0.2) is 0 Å². The number of nitrogens with one attached hydrogen (secondary N) is 2. The molecule has 0 spiro atoms. The molecule has 0 saturated heterocycles. The number of hydrogen-bond donors (Lipinski definition) is 3. The van der Waals surface area contributed by atoms with Gasteiger partial charge in [-0.25, -0.2) is 8.42 Å². The molecule has 32 heavy (non-hydrogen) atoms. The molecule has 0 unspecified atom stereocenters. The molecule has 1 heterocycles. The summed E-state index contributed by atoms with van der Waals surface area (Å²) in [5.74, 6) is 0.437.